The molecular formula is C17H16FNO4S. The van der Waals surface area contributed by atoms with Crippen LogP contribution in [0.4, 0.5) is 10.1 Å². The average molecular weight is 349 g/mol. The topological polar surface area (TPSA) is 80.3 Å². The Labute approximate surface area is 139 Å². The van der Waals surface area contributed by atoms with E-state index in [9.17, 15) is 22.4 Å². The summed E-state index contributed by atoms with van der Waals surface area (Å²) in [4.78, 5) is 23.9. The number of hydrogen-bond donors (Lipinski definition) is 1. The Balaban J connectivity index is 1.94. The molecule has 0 aliphatic carbocycles. The van der Waals surface area contributed by atoms with Crippen molar-refractivity contribution in [3.8, 4) is 0 Å². The molecule has 0 fully saturated rings. The van der Waals surface area contributed by atoms with Gasteiger partial charge in [0.2, 0.25) is 5.91 Å². The minimum Gasteiger partial charge on any atom is -0.326 e. The summed E-state index contributed by atoms with van der Waals surface area (Å²) in [6.07, 6.45) is 0.998. The molecule has 1 amide bonds. The van der Waals surface area contributed by atoms with Gasteiger partial charge in [0, 0.05) is 30.3 Å². The predicted octanol–water partition coefficient (Wildman–Crippen LogP) is 2.83. The zero-order chi connectivity index (χ0) is 17.7. The number of Topliss-reactive ketones (excluding diaryl/α,β-unsaturated/α-hetero) is 1. The van der Waals surface area contributed by atoms with Crippen LogP contribution in [0.2, 0.25) is 0 Å². The molecule has 0 aliphatic heterocycles. The molecule has 0 bridgehead atoms. The van der Waals surface area contributed by atoms with Gasteiger partial charge in [0.15, 0.2) is 15.6 Å². The number of ketones is 1. The second kappa shape index (κ2) is 7.35. The van der Waals surface area contributed by atoms with Gasteiger partial charge in [-0.25, -0.2) is 12.8 Å². The quantitative estimate of drug-likeness (QED) is 0.813. The van der Waals surface area contributed by atoms with E-state index in [1.54, 1.807) is 6.07 Å². The van der Waals surface area contributed by atoms with Crippen LogP contribution in [0.25, 0.3) is 0 Å². The third-order valence-corrected chi connectivity index (χ3v) is 4.40. The number of nitrogens with one attached hydrogen (secondary N) is 1. The Bertz CT molecular complexity index is 860. The molecule has 0 unspecified atom stereocenters. The van der Waals surface area contributed by atoms with Gasteiger partial charge < -0.3 is 5.32 Å². The molecule has 0 heterocycles. The van der Waals surface area contributed by atoms with Crippen molar-refractivity contribution in [3.05, 3.63) is 59.9 Å². The van der Waals surface area contributed by atoms with Crippen LogP contribution in [0.15, 0.2) is 53.4 Å². The second-order valence-corrected chi connectivity index (χ2v) is 7.29. The van der Waals surface area contributed by atoms with E-state index in [-0.39, 0.29) is 23.5 Å². The van der Waals surface area contributed by atoms with Gasteiger partial charge in [-0.2, -0.15) is 0 Å². The van der Waals surface area contributed by atoms with Crippen LogP contribution in [0.3, 0.4) is 0 Å². The second-order valence-electron chi connectivity index (χ2n) is 5.28. The third kappa shape index (κ3) is 4.99. The standard InChI is InChI=1S/C17H16FNO4S/c1-24(22,23)15-4-2-3-14(11-15)19-17(21)10-9-16(20)12-5-7-13(18)8-6-12/h2-8,11H,9-10H2,1H3,(H,19,21). The van der Waals surface area contributed by atoms with Crippen LogP contribution in [-0.4, -0.2) is 26.4 Å². The molecule has 7 heteroatoms. The van der Waals surface area contributed by atoms with Crippen molar-refractivity contribution in [3.63, 3.8) is 0 Å². The van der Waals surface area contributed by atoms with E-state index in [1.165, 1.54) is 42.5 Å². The fourth-order valence-electron chi connectivity index (χ4n) is 2.04. The molecule has 2 aromatic carbocycles. The Morgan fingerprint density at radius 1 is 1.04 bits per heavy atom. The maximum absolute atomic E-state index is 12.8. The first-order valence-electron chi connectivity index (χ1n) is 7.14. The van der Waals surface area contributed by atoms with Crippen LogP contribution < -0.4 is 5.32 Å². The van der Waals surface area contributed by atoms with E-state index in [4.69, 9.17) is 0 Å². The first kappa shape index (κ1) is 17.8. The largest absolute Gasteiger partial charge is 0.326 e. The van der Waals surface area contributed by atoms with Gasteiger partial charge in [0.1, 0.15) is 5.82 Å². The average Bonchev–Trinajstić information content (AvgIpc) is 2.53. The Morgan fingerprint density at radius 2 is 1.71 bits per heavy atom. The fourth-order valence-corrected chi connectivity index (χ4v) is 2.70. The number of anilines is 1. The maximum atomic E-state index is 12.8. The smallest absolute Gasteiger partial charge is 0.224 e. The highest BCUT2D eigenvalue weighted by Crippen LogP contribution is 2.16. The number of carbonyl (C=O) groups is 2. The third-order valence-electron chi connectivity index (χ3n) is 3.29. The maximum Gasteiger partial charge on any atom is 0.224 e. The van der Waals surface area contributed by atoms with Crippen LogP contribution >= 0.6 is 0 Å². The first-order chi connectivity index (χ1) is 11.3. The molecule has 0 radical (unpaired) electrons. The molecule has 5 nitrogen and oxygen atoms in total. The molecule has 0 spiro atoms. The lowest BCUT2D eigenvalue weighted by Crippen LogP contribution is -2.14. The van der Waals surface area contributed by atoms with Gasteiger partial charge in [0.05, 0.1) is 4.90 Å². The molecule has 0 aliphatic rings. The molecule has 0 saturated carbocycles. The highest BCUT2D eigenvalue weighted by atomic mass is 32.2. The van der Waals surface area contributed by atoms with E-state index in [0.29, 0.717) is 11.3 Å². The molecule has 0 saturated heterocycles. The molecule has 2 rings (SSSR count). The highest BCUT2D eigenvalue weighted by Gasteiger charge is 2.11. The van der Waals surface area contributed by atoms with Gasteiger partial charge in [-0.05, 0) is 42.5 Å². The van der Waals surface area contributed by atoms with Gasteiger partial charge in [-0.15, -0.1) is 0 Å². The van der Waals surface area contributed by atoms with Crippen molar-refractivity contribution in [2.45, 2.75) is 17.7 Å². The lowest BCUT2D eigenvalue weighted by molar-refractivity contribution is -0.116. The van der Waals surface area contributed by atoms with Gasteiger partial charge in [-0.1, -0.05) is 6.07 Å². The van der Waals surface area contributed by atoms with Gasteiger partial charge in [0.25, 0.3) is 0 Å². The number of sulfone groups is 1. The van der Waals surface area contributed by atoms with Gasteiger partial charge in [-0.3, -0.25) is 9.59 Å². The summed E-state index contributed by atoms with van der Waals surface area (Å²) in [6.45, 7) is 0. The van der Waals surface area contributed by atoms with Crippen molar-refractivity contribution >= 4 is 27.2 Å². The van der Waals surface area contributed by atoms with Crippen molar-refractivity contribution < 1.29 is 22.4 Å². The van der Waals surface area contributed by atoms with E-state index >= 15 is 0 Å². The number of halogens is 1. The summed E-state index contributed by atoms with van der Waals surface area (Å²) in [6, 6.07) is 11.0. The van der Waals surface area contributed by atoms with Crippen LogP contribution in [-0.2, 0) is 14.6 Å². The monoisotopic (exact) mass is 349 g/mol. The molecule has 126 valence electrons. The van der Waals surface area contributed by atoms with Crippen LogP contribution in [0, 0.1) is 5.82 Å². The molecule has 1 N–H and O–H groups in total. The molecule has 0 aromatic heterocycles. The van der Waals surface area contributed by atoms with Crippen molar-refractivity contribution in [1.29, 1.82) is 0 Å². The Hall–Kier alpha value is -2.54. The Morgan fingerprint density at radius 3 is 2.33 bits per heavy atom. The van der Waals surface area contributed by atoms with Crippen molar-refractivity contribution in [2.24, 2.45) is 0 Å². The number of hydrogen-bond acceptors (Lipinski definition) is 4. The summed E-state index contributed by atoms with van der Waals surface area (Å²) in [5.41, 5.74) is 0.681. The molecule has 2 aromatic rings. The van der Waals surface area contributed by atoms with Gasteiger partial charge >= 0.3 is 0 Å². The number of rotatable bonds is 6. The molecular weight excluding hydrogens is 333 g/mol. The zero-order valence-electron chi connectivity index (χ0n) is 13.0. The van der Waals surface area contributed by atoms with E-state index < -0.39 is 21.6 Å². The minimum atomic E-state index is -3.36. The number of benzene rings is 2. The number of carbonyl (C=O) groups excluding carboxylic acids is 2. The van der Waals surface area contributed by atoms with Crippen LogP contribution in [0.5, 0.6) is 0 Å². The predicted molar refractivity (Wildman–Crippen MR) is 88.1 cm³/mol. The van der Waals surface area contributed by atoms with Crippen molar-refractivity contribution in [2.75, 3.05) is 11.6 Å². The first-order valence-corrected chi connectivity index (χ1v) is 9.03. The number of amides is 1. The Kier molecular flexibility index (Phi) is 5.46. The van der Waals surface area contributed by atoms with E-state index in [2.05, 4.69) is 5.32 Å². The summed E-state index contributed by atoms with van der Waals surface area (Å²) < 4.78 is 35.8. The minimum absolute atomic E-state index is 0.0246. The zero-order valence-corrected chi connectivity index (χ0v) is 13.8. The van der Waals surface area contributed by atoms with Crippen molar-refractivity contribution in [1.82, 2.24) is 0 Å². The lowest BCUT2D eigenvalue weighted by Gasteiger charge is -2.07. The molecule has 0 atom stereocenters. The fraction of sp³-hybridized carbons (Fsp3) is 0.176. The van der Waals surface area contributed by atoms with E-state index in [1.807, 2.05) is 0 Å². The summed E-state index contributed by atoms with van der Waals surface area (Å²) in [5, 5.41) is 2.55. The SMILES string of the molecule is CS(=O)(=O)c1cccc(NC(=O)CCC(=O)c2ccc(F)cc2)c1. The highest BCUT2D eigenvalue weighted by molar-refractivity contribution is 7.90. The molecule has 24 heavy (non-hydrogen) atoms. The summed E-state index contributed by atoms with van der Waals surface area (Å²) >= 11 is 0. The summed E-state index contributed by atoms with van der Waals surface area (Å²) in [5.74, 6) is -1.11. The summed E-state index contributed by atoms with van der Waals surface area (Å²) in [7, 11) is -3.36. The lowest BCUT2D eigenvalue weighted by atomic mass is 10.1. The normalized spacial score (nSPS) is 11.1. The van der Waals surface area contributed by atoms with Crippen LogP contribution in [0.1, 0.15) is 23.2 Å². The van der Waals surface area contributed by atoms with E-state index in [0.717, 1.165) is 6.26 Å².